The van der Waals surface area contributed by atoms with E-state index < -0.39 is 10.0 Å². The van der Waals surface area contributed by atoms with Gasteiger partial charge in [-0.25, -0.2) is 8.42 Å². The molecule has 27 heavy (non-hydrogen) atoms. The predicted molar refractivity (Wildman–Crippen MR) is 104 cm³/mol. The predicted octanol–water partition coefficient (Wildman–Crippen LogP) is 2.91. The van der Waals surface area contributed by atoms with Crippen LogP contribution in [0.5, 0.6) is 5.75 Å². The van der Waals surface area contributed by atoms with Gasteiger partial charge in [-0.3, -0.25) is 4.79 Å². The van der Waals surface area contributed by atoms with E-state index in [9.17, 15) is 13.2 Å². The van der Waals surface area contributed by atoms with E-state index in [0.29, 0.717) is 28.9 Å². The van der Waals surface area contributed by atoms with Crippen LogP contribution in [0.15, 0.2) is 53.4 Å². The number of amides is 1. The summed E-state index contributed by atoms with van der Waals surface area (Å²) >= 11 is 11.8. The van der Waals surface area contributed by atoms with E-state index in [1.54, 1.807) is 53.4 Å². The first-order valence-corrected chi connectivity index (χ1v) is 10.5. The SMILES string of the molecule is O=C(COc1cc(Cl)cc(Cl)c1)N1CCN(S(=O)(=O)c2ccccc2)CC1. The fourth-order valence-corrected chi connectivity index (χ4v) is 4.72. The topological polar surface area (TPSA) is 66.9 Å². The second-order valence-corrected chi connectivity index (χ2v) is 8.80. The molecule has 0 aromatic heterocycles. The van der Waals surface area contributed by atoms with Crippen molar-refractivity contribution < 1.29 is 17.9 Å². The summed E-state index contributed by atoms with van der Waals surface area (Å²) in [4.78, 5) is 14.2. The van der Waals surface area contributed by atoms with Gasteiger partial charge in [-0.05, 0) is 30.3 Å². The van der Waals surface area contributed by atoms with E-state index in [1.807, 2.05) is 0 Å². The van der Waals surface area contributed by atoms with Crippen LogP contribution in [0.25, 0.3) is 0 Å². The fourth-order valence-electron chi connectivity index (χ4n) is 2.77. The van der Waals surface area contributed by atoms with Gasteiger partial charge in [0.2, 0.25) is 10.0 Å². The molecule has 0 N–H and O–H groups in total. The van der Waals surface area contributed by atoms with Gasteiger partial charge < -0.3 is 9.64 Å². The van der Waals surface area contributed by atoms with Gasteiger partial charge in [0, 0.05) is 36.2 Å². The molecule has 1 heterocycles. The first kappa shape index (κ1) is 19.9. The summed E-state index contributed by atoms with van der Waals surface area (Å²) in [6.45, 7) is 0.940. The first-order chi connectivity index (χ1) is 12.9. The van der Waals surface area contributed by atoms with Crippen LogP contribution in [0.4, 0.5) is 0 Å². The Kier molecular flexibility index (Phi) is 6.26. The maximum absolute atomic E-state index is 12.6. The Morgan fingerprint density at radius 2 is 1.56 bits per heavy atom. The number of hydrogen-bond acceptors (Lipinski definition) is 4. The quantitative estimate of drug-likeness (QED) is 0.733. The number of piperazine rings is 1. The van der Waals surface area contributed by atoms with E-state index in [2.05, 4.69) is 0 Å². The summed E-state index contributed by atoms with van der Waals surface area (Å²) in [5, 5.41) is 0.842. The molecule has 0 unspecified atom stereocenters. The lowest BCUT2D eigenvalue weighted by molar-refractivity contribution is -0.134. The number of carbonyl (C=O) groups is 1. The largest absolute Gasteiger partial charge is 0.484 e. The average Bonchev–Trinajstić information content (AvgIpc) is 2.66. The summed E-state index contributed by atoms with van der Waals surface area (Å²) in [5.74, 6) is 0.189. The number of benzene rings is 2. The number of nitrogens with zero attached hydrogens (tertiary/aromatic N) is 2. The minimum absolute atomic E-state index is 0.165. The van der Waals surface area contributed by atoms with Gasteiger partial charge in [0.15, 0.2) is 6.61 Å². The second kappa shape index (κ2) is 8.48. The van der Waals surface area contributed by atoms with Crippen molar-refractivity contribution in [3.63, 3.8) is 0 Å². The van der Waals surface area contributed by atoms with Crippen molar-refractivity contribution in [3.05, 3.63) is 58.6 Å². The van der Waals surface area contributed by atoms with Gasteiger partial charge in [0.25, 0.3) is 5.91 Å². The van der Waals surface area contributed by atoms with Gasteiger partial charge in [-0.15, -0.1) is 0 Å². The smallest absolute Gasteiger partial charge is 0.260 e. The zero-order chi connectivity index (χ0) is 19.4. The standard InChI is InChI=1S/C18H18Cl2N2O4S/c19-14-10-15(20)12-16(11-14)26-13-18(23)21-6-8-22(9-7-21)27(24,25)17-4-2-1-3-5-17/h1-5,10-12H,6-9,13H2. The van der Waals surface area contributed by atoms with Gasteiger partial charge in [-0.1, -0.05) is 41.4 Å². The molecule has 1 amide bonds. The Hall–Kier alpha value is -1.80. The van der Waals surface area contributed by atoms with E-state index in [4.69, 9.17) is 27.9 Å². The number of sulfonamides is 1. The molecule has 9 heteroatoms. The number of hydrogen-bond donors (Lipinski definition) is 0. The van der Waals surface area contributed by atoms with E-state index in [1.165, 1.54) is 4.31 Å². The molecule has 1 fully saturated rings. The Bertz CT molecular complexity index is 894. The maximum Gasteiger partial charge on any atom is 0.260 e. The summed E-state index contributed by atoms with van der Waals surface area (Å²) in [6.07, 6.45) is 0. The lowest BCUT2D eigenvalue weighted by Crippen LogP contribution is -2.51. The highest BCUT2D eigenvalue weighted by Crippen LogP contribution is 2.24. The molecule has 6 nitrogen and oxygen atoms in total. The van der Waals surface area contributed by atoms with Gasteiger partial charge in [0.1, 0.15) is 5.75 Å². The van der Waals surface area contributed by atoms with Crippen molar-refractivity contribution in [1.29, 1.82) is 0 Å². The Labute approximate surface area is 168 Å². The number of halogens is 2. The monoisotopic (exact) mass is 428 g/mol. The maximum atomic E-state index is 12.6. The molecule has 1 saturated heterocycles. The van der Waals surface area contributed by atoms with Crippen LogP contribution in [0, 0.1) is 0 Å². The Morgan fingerprint density at radius 3 is 2.15 bits per heavy atom. The van der Waals surface area contributed by atoms with Gasteiger partial charge >= 0.3 is 0 Å². The lowest BCUT2D eigenvalue weighted by atomic mass is 10.3. The Balaban J connectivity index is 1.55. The molecule has 0 radical (unpaired) electrons. The molecule has 0 aliphatic carbocycles. The zero-order valence-electron chi connectivity index (χ0n) is 14.3. The molecule has 0 bridgehead atoms. The summed E-state index contributed by atoms with van der Waals surface area (Å²) in [6, 6.07) is 13.0. The van der Waals surface area contributed by atoms with Crippen LogP contribution < -0.4 is 4.74 Å². The van der Waals surface area contributed by atoms with Crippen molar-refractivity contribution in [3.8, 4) is 5.75 Å². The highest BCUT2D eigenvalue weighted by Gasteiger charge is 2.30. The van der Waals surface area contributed by atoms with Crippen LogP contribution in [-0.2, 0) is 14.8 Å². The van der Waals surface area contributed by atoms with E-state index in [0.717, 1.165) is 0 Å². The fraction of sp³-hybridized carbons (Fsp3) is 0.278. The minimum atomic E-state index is -3.54. The molecule has 0 saturated carbocycles. The highest BCUT2D eigenvalue weighted by molar-refractivity contribution is 7.89. The van der Waals surface area contributed by atoms with Crippen LogP contribution >= 0.6 is 23.2 Å². The van der Waals surface area contributed by atoms with E-state index in [-0.39, 0.29) is 30.5 Å². The average molecular weight is 429 g/mol. The van der Waals surface area contributed by atoms with Gasteiger partial charge in [0.05, 0.1) is 4.90 Å². The van der Waals surface area contributed by atoms with E-state index >= 15 is 0 Å². The molecule has 0 spiro atoms. The third-order valence-electron chi connectivity index (χ3n) is 4.17. The van der Waals surface area contributed by atoms with Crippen LogP contribution in [0.1, 0.15) is 0 Å². The normalized spacial score (nSPS) is 15.6. The van der Waals surface area contributed by atoms with Crippen molar-refractivity contribution in [2.75, 3.05) is 32.8 Å². The molecule has 3 rings (SSSR count). The number of ether oxygens (including phenoxy) is 1. The summed E-state index contributed by atoms with van der Waals surface area (Å²) in [7, 11) is -3.54. The summed E-state index contributed by atoms with van der Waals surface area (Å²) in [5.41, 5.74) is 0. The molecular weight excluding hydrogens is 411 g/mol. The van der Waals surface area contributed by atoms with Crippen LogP contribution in [-0.4, -0.2) is 56.3 Å². The lowest BCUT2D eigenvalue weighted by Gasteiger charge is -2.34. The molecule has 2 aromatic carbocycles. The third kappa shape index (κ3) is 4.93. The van der Waals surface area contributed by atoms with Crippen LogP contribution in [0.3, 0.4) is 0 Å². The molecule has 2 aromatic rings. The van der Waals surface area contributed by atoms with Crippen LogP contribution in [0.2, 0.25) is 10.0 Å². The minimum Gasteiger partial charge on any atom is -0.484 e. The molecular formula is C18H18Cl2N2O4S. The van der Waals surface area contributed by atoms with Crippen molar-refractivity contribution in [2.45, 2.75) is 4.90 Å². The van der Waals surface area contributed by atoms with Crippen molar-refractivity contribution in [2.24, 2.45) is 0 Å². The molecule has 1 aliphatic rings. The Morgan fingerprint density at radius 1 is 0.963 bits per heavy atom. The molecule has 0 atom stereocenters. The summed E-state index contributed by atoms with van der Waals surface area (Å²) < 4.78 is 32.1. The van der Waals surface area contributed by atoms with Crippen molar-refractivity contribution >= 4 is 39.1 Å². The molecule has 1 aliphatic heterocycles. The zero-order valence-corrected chi connectivity index (χ0v) is 16.7. The van der Waals surface area contributed by atoms with Gasteiger partial charge in [-0.2, -0.15) is 4.31 Å². The number of carbonyl (C=O) groups excluding carboxylic acids is 1. The number of rotatable bonds is 5. The third-order valence-corrected chi connectivity index (χ3v) is 6.52. The first-order valence-electron chi connectivity index (χ1n) is 8.28. The highest BCUT2D eigenvalue weighted by atomic mass is 35.5. The van der Waals surface area contributed by atoms with Crippen molar-refractivity contribution in [1.82, 2.24) is 9.21 Å². The second-order valence-electron chi connectivity index (χ2n) is 5.99. The molecule has 144 valence electrons.